The van der Waals surface area contributed by atoms with Crippen LogP contribution < -0.4 is 10.2 Å². The molecule has 2 aromatic rings. The molecular weight excluding hydrogens is 338 g/mol. The van der Waals surface area contributed by atoms with Crippen LogP contribution in [-0.2, 0) is 4.79 Å². The molecule has 1 aromatic heterocycles. The van der Waals surface area contributed by atoms with Crippen molar-refractivity contribution in [2.45, 2.75) is 19.9 Å². The van der Waals surface area contributed by atoms with Gasteiger partial charge in [-0.3, -0.25) is 14.3 Å². The van der Waals surface area contributed by atoms with Gasteiger partial charge < -0.3 is 10.2 Å². The fraction of sp³-hybridized carbons (Fsp3) is 0.444. The van der Waals surface area contributed by atoms with Crippen molar-refractivity contribution < 1.29 is 4.79 Å². The summed E-state index contributed by atoms with van der Waals surface area (Å²) in [5.41, 5.74) is 0.999. The van der Waals surface area contributed by atoms with Gasteiger partial charge in [0.15, 0.2) is 0 Å². The third kappa shape index (κ3) is 4.52. The minimum atomic E-state index is 0.0869. The number of benzene rings is 1. The zero-order valence-corrected chi connectivity index (χ0v) is 15.4. The molecule has 3 rings (SSSR count). The SMILES string of the molecule is CC(C)NC(=O)CN1CCN(c2nccn2-c2cccc(Cl)c2)CC1. The van der Waals surface area contributed by atoms with Crippen LogP contribution in [0.1, 0.15) is 13.8 Å². The van der Waals surface area contributed by atoms with Gasteiger partial charge in [0.05, 0.1) is 6.54 Å². The van der Waals surface area contributed by atoms with Crippen LogP contribution in [-0.4, -0.2) is 59.1 Å². The number of anilines is 1. The minimum Gasteiger partial charge on any atom is -0.353 e. The first-order chi connectivity index (χ1) is 12.0. The lowest BCUT2D eigenvalue weighted by molar-refractivity contribution is -0.122. The van der Waals surface area contributed by atoms with Crippen molar-refractivity contribution >= 4 is 23.5 Å². The predicted molar refractivity (Wildman–Crippen MR) is 101 cm³/mol. The number of piperazine rings is 1. The fourth-order valence-electron chi connectivity index (χ4n) is 3.03. The Bertz CT molecular complexity index is 722. The lowest BCUT2D eigenvalue weighted by atomic mass is 10.3. The normalized spacial score (nSPS) is 15.6. The molecule has 1 aliphatic rings. The number of carbonyl (C=O) groups excluding carboxylic acids is 1. The Morgan fingerprint density at radius 2 is 2.04 bits per heavy atom. The monoisotopic (exact) mass is 361 g/mol. The Hall–Kier alpha value is -2.05. The predicted octanol–water partition coefficient (Wildman–Crippen LogP) is 2.17. The van der Waals surface area contributed by atoms with Gasteiger partial charge in [0.2, 0.25) is 11.9 Å². The summed E-state index contributed by atoms with van der Waals surface area (Å²) in [5, 5.41) is 3.65. The third-order valence-corrected chi connectivity index (χ3v) is 4.41. The van der Waals surface area contributed by atoms with Crippen molar-refractivity contribution in [3.8, 4) is 5.69 Å². The highest BCUT2D eigenvalue weighted by molar-refractivity contribution is 6.30. The summed E-state index contributed by atoms with van der Waals surface area (Å²) in [6, 6.07) is 7.93. The van der Waals surface area contributed by atoms with E-state index in [0.29, 0.717) is 11.6 Å². The summed E-state index contributed by atoms with van der Waals surface area (Å²) >= 11 is 6.11. The maximum atomic E-state index is 11.9. The number of nitrogens with zero attached hydrogens (tertiary/aromatic N) is 4. The van der Waals surface area contributed by atoms with E-state index < -0.39 is 0 Å². The number of aromatic nitrogens is 2. The van der Waals surface area contributed by atoms with Gasteiger partial charge in [0.25, 0.3) is 0 Å². The van der Waals surface area contributed by atoms with Gasteiger partial charge in [0.1, 0.15) is 0 Å². The Morgan fingerprint density at radius 1 is 1.28 bits per heavy atom. The smallest absolute Gasteiger partial charge is 0.234 e. The van der Waals surface area contributed by atoms with Gasteiger partial charge in [-0.25, -0.2) is 4.98 Å². The molecule has 7 heteroatoms. The highest BCUT2D eigenvalue weighted by atomic mass is 35.5. The van der Waals surface area contributed by atoms with Crippen LogP contribution in [0.25, 0.3) is 5.69 Å². The molecular formula is C18H24ClN5O. The van der Waals surface area contributed by atoms with Gasteiger partial charge in [-0.1, -0.05) is 17.7 Å². The second kappa shape index (κ2) is 7.89. The average Bonchev–Trinajstić information content (AvgIpc) is 3.04. The molecule has 6 nitrogen and oxygen atoms in total. The molecule has 1 fully saturated rings. The van der Waals surface area contributed by atoms with Gasteiger partial charge in [-0.05, 0) is 32.0 Å². The van der Waals surface area contributed by atoms with E-state index in [0.717, 1.165) is 37.8 Å². The lowest BCUT2D eigenvalue weighted by Gasteiger charge is -2.35. The Labute approximate surface area is 153 Å². The first-order valence-electron chi connectivity index (χ1n) is 8.59. The molecule has 134 valence electrons. The molecule has 0 unspecified atom stereocenters. The van der Waals surface area contributed by atoms with E-state index in [1.807, 2.05) is 48.9 Å². The summed E-state index contributed by atoms with van der Waals surface area (Å²) in [6.07, 6.45) is 3.75. The molecule has 1 saturated heterocycles. The third-order valence-electron chi connectivity index (χ3n) is 4.18. The van der Waals surface area contributed by atoms with Crippen LogP contribution in [0.2, 0.25) is 5.02 Å². The van der Waals surface area contributed by atoms with Crippen molar-refractivity contribution in [3.05, 3.63) is 41.7 Å². The van der Waals surface area contributed by atoms with Crippen LogP contribution in [0.15, 0.2) is 36.7 Å². The zero-order valence-electron chi connectivity index (χ0n) is 14.7. The number of hydrogen-bond acceptors (Lipinski definition) is 4. The molecule has 0 bridgehead atoms. The van der Waals surface area contributed by atoms with E-state index in [4.69, 9.17) is 11.6 Å². The van der Waals surface area contributed by atoms with Crippen LogP contribution >= 0.6 is 11.6 Å². The van der Waals surface area contributed by atoms with Gasteiger partial charge in [-0.2, -0.15) is 0 Å². The average molecular weight is 362 g/mol. The van der Waals surface area contributed by atoms with Crippen LogP contribution in [0.4, 0.5) is 5.95 Å². The molecule has 0 radical (unpaired) electrons. The van der Waals surface area contributed by atoms with E-state index in [2.05, 4.69) is 20.1 Å². The molecule has 0 saturated carbocycles. The molecule has 1 amide bonds. The molecule has 1 aliphatic heterocycles. The second-order valence-electron chi connectivity index (χ2n) is 6.56. The first kappa shape index (κ1) is 17.8. The topological polar surface area (TPSA) is 53.4 Å². The highest BCUT2D eigenvalue weighted by Gasteiger charge is 2.22. The number of halogens is 1. The summed E-state index contributed by atoms with van der Waals surface area (Å²) in [7, 11) is 0. The van der Waals surface area contributed by atoms with Crippen LogP contribution in [0.5, 0.6) is 0 Å². The quantitative estimate of drug-likeness (QED) is 0.886. The molecule has 0 atom stereocenters. The van der Waals surface area contributed by atoms with Gasteiger partial charge in [0, 0.05) is 55.3 Å². The summed E-state index contributed by atoms with van der Waals surface area (Å²) in [6.45, 7) is 7.77. The number of amides is 1. The zero-order chi connectivity index (χ0) is 17.8. The van der Waals surface area contributed by atoms with Gasteiger partial charge in [-0.15, -0.1) is 0 Å². The van der Waals surface area contributed by atoms with Crippen molar-refractivity contribution in [2.24, 2.45) is 0 Å². The Balaban J connectivity index is 1.63. The second-order valence-corrected chi connectivity index (χ2v) is 7.00. The maximum absolute atomic E-state index is 11.9. The molecule has 1 aromatic carbocycles. The Morgan fingerprint density at radius 3 is 2.72 bits per heavy atom. The van der Waals surface area contributed by atoms with Crippen molar-refractivity contribution in [3.63, 3.8) is 0 Å². The summed E-state index contributed by atoms with van der Waals surface area (Å²) in [5.74, 6) is 0.998. The molecule has 1 N–H and O–H groups in total. The van der Waals surface area contributed by atoms with E-state index >= 15 is 0 Å². The Kier molecular flexibility index (Phi) is 5.60. The van der Waals surface area contributed by atoms with E-state index in [1.54, 1.807) is 6.20 Å². The standard InChI is InChI=1S/C18H24ClN5O/c1-14(2)21-17(25)13-22-8-10-23(11-9-22)18-20-6-7-24(18)16-5-3-4-15(19)12-16/h3-7,12,14H,8-11,13H2,1-2H3,(H,21,25). The fourth-order valence-corrected chi connectivity index (χ4v) is 3.22. The number of hydrogen-bond donors (Lipinski definition) is 1. The van der Waals surface area contributed by atoms with E-state index in [1.165, 1.54) is 0 Å². The number of carbonyl (C=O) groups is 1. The maximum Gasteiger partial charge on any atom is 0.234 e. The minimum absolute atomic E-state index is 0.0869. The van der Waals surface area contributed by atoms with E-state index in [9.17, 15) is 4.79 Å². The highest BCUT2D eigenvalue weighted by Crippen LogP contribution is 2.21. The first-order valence-corrected chi connectivity index (χ1v) is 8.96. The van der Waals surface area contributed by atoms with Crippen molar-refractivity contribution in [1.82, 2.24) is 19.8 Å². The van der Waals surface area contributed by atoms with Gasteiger partial charge >= 0.3 is 0 Å². The number of nitrogens with one attached hydrogen (secondary N) is 1. The largest absolute Gasteiger partial charge is 0.353 e. The van der Waals surface area contributed by atoms with Crippen LogP contribution in [0, 0.1) is 0 Å². The van der Waals surface area contributed by atoms with Crippen LogP contribution in [0.3, 0.4) is 0 Å². The molecule has 0 spiro atoms. The van der Waals surface area contributed by atoms with Crippen molar-refractivity contribution in [2.75, 3.05) is 37.6 Å². The molecule has 0 aliphatic carbocycles. The molecule has 25 heavy (non-hydrogen) atoms. The summed E-state index contributed by atoms with van der Waals surface area (Å²) < 4.78 is 2.05. The number of imidazole rings is 1. The summed E-state index contributed by atoms with van der Waals surface area (Å²) in [4.78, 5) is 20.9. The van der Waals surface area contributed by atoms with Crippen molar-refractivity contribution in [1.29, 1.82) is 0 Å². The lowest BCUT2D eigenvalue weighted by Crippen LogP contribution is -2.50. The number of rotatable bonds is 5. The molecule has 2 heterocycles. The van der Waals surface area contributed by atoms with E-state index in [-0.39, 0.29) is 11.9 Å².